The van der Waals surface area contributed by atoms with Gasteiger partial charge in [-0.3, -0.25) is 4.79 Å². The van der Waals surface area contributed by atoms with Crippen molar-refractivity contribution < 1.29 is 9.53 Å². The van der Waals surface area contributed by atoms with Gasteiger partial charge in [0.2, 0.25) is 5.91 Å². The summed E-state index contributed by atoms with van der Waals surface area (Å²) in [6.45, 7) is 5.16. The highest BCUT2D eigenvalue weighted by Gasteiger charge is 2.32. The van der Waals surface area contributed by atoms with Gasteiger partial charge in [0, 0.05) is 26.2 Å². The molecule has 0 saturated carbocycles. The summed E-state index contributed by atoms with van der Waals surface area (Å²) >= 11 is 0. The predicted molar refractivity (Wildman–Crippen MR) is 64.3 cm³/mol. The fourth-order valence-corrected chi connectivity index (χ4v) is 2.06. The molecule has 1 N–H and O–H groups in total. The van der Waals surface area contributed by atoms with Crippen molar-refractivity contribution in [1.29, 1.82) is 5.26 Å². The SMILES string of the molecule is COC1CNC(C(=O)N(CCC#N)C(C)C)C1. The quantitative estimate of drug-likeness (QED) is 0.759. The Balaban J connectivity index is 2.56. The molecular formula is C12H21N3O2. The third kappa shape index (κ3) is 3.69. The van der Waals surface area contributed by atoms with Gasteiger partial charge in [0.1, 0.15) is 0 Å². The van der Waals surface area contributed by atoms with E-state index in [4.69, 9.17) is 10.00 Å². The van der Waals surface area contributed by atoms with E-state index in [2.05, 4.69) is 11.4 Å². The largest absolute Gasteiger partial charge is 0.380 e. The first-order valence-electron chi connectivity index (χ1n) is 6.03. The summed E-state index contributed by atoms with van der Waals surface area (Å²) in [5.41, 5.74) is 0. The van der Waals surface area contributed by atoms with Crippen LogP contribution in [0.5, 0.6) is 0 Å². The van der Waals surface area contributed by atoms with Crippen molar-refractivity contribution in [3.8, 4) is 6.07 Å². The molecule has 1 aliphatic heterocycles. The van der Waals surface area contributed by atoms with Gasteiger partial charge in [0.25, 0.3) is 0 Å². The number of nitrogens with zero attached hydrogens (tertiary/aromatic N) is 2. The van der Waals surface area contributed by atoms with Gasteiger partial charge >= 0.3 is 0 Å². The monoisotopic (exact) mass is 239 g/mol. The summed E-state index contributed by atoms with van der Waals surface area (Å²) < 4.78 is 5.23. The van der Waals surface area contributed by atoms with Crippen LogP contribution in [0.4, 0.5) is 0 Å². The summed E-state index contributed by atoms with van der Waals surface area (Å²) in [4.78, 5) is 14.0. The number of amides is 1. The first-order chi connectivity index (χ1) is 8.10. The smallest absolute Gasteiger partial charge is 0.240 e. The Morgan fingerprint density at radius 2 is 2.35 bits per heavy atom. The van der Waals surface area contributed by atoms with Gasteiger partial charge < -0.3 is 15.0 Å². The average Bonchev–Trinajstić information content (AvgIpc) is 2.77. The Morgan fingerprint density at radius 1 is 1.65 bits per heavy atom. The lowest BCUT2D eigenvalue weighted by molar-refractivity contribution is -0.134. The van der Waals surface area contributed by atoms with Gasteiger partial charge in [-0.15, -0.1) is 0 Å². The molecule has 0 bridgehead atoms. The lowest BCUT2D eigenvalue weighted by atomic mass is 10.1. The average molecular weight is 239 g/mol. The van der Waals surface area contributed by atoms with Crippen LogP contribution in [0, 0.1) is 11.3 Å². The highest BCUT2D eigenvalue weighted by atomic mass is 16.5. The number of ether oxygens (including phenoxy) is 1. The molecular weight excluding hydrogens is 218 g/mol. The zero-order chi connectivity index (χ0) is 12.8. The summed E-state index contributed by atoms with van der Waals surface area (Å²) in [6, 6.07) is 2.04. The normalized spacial score (nSPS) is 23.7. The number of nitrogens with one attached hydrogen (secondary N) is 1. The van der Waals surface area contributed by atoms with Crippen LogP contribution in [0.2, 0.25) is 0 Å². The van der Waals surface area contributed by atoms with Crippen LogP contribution in [0.25, 0.3) is 0 Å². The number of rotatable bonds is 5. The molecule has 2 atom stereocenters. The molecule has 0 aliphatic carbocycles. The second-order valence-electron chi connectivity index (χ2n) is 4.59. The fraction of sp³-hybridized carbons (Fsp3) is 0.833. The molecule has 1 aliphatic rings. The molecule has 1 amide bonds. The maximum Gasteiger partial charge on any atom is 0.240 e. The zero-order valence-electron chi connectivity index (χ0n) is 10.8. The lowest BCUT2D eigenvalue weighted by Crippen LogP contribution is -2.47. The van der Waals surface area contributed by atoms with E-state index in [1.54, 1.807) is 12.0 Å². The van der Waals surface area contributed by atoms with E-state index in [9.17, 15) is 4.79 Å². The van der Waals surface area contributed by atoms with Crippen molar-refractivity contribution in [3.05, 3.63) is 0 Å². The van der Waals surface area contributed by atoms with Crippen molar-refractivity contribution in [2.45, 2.75) is 44.9 Å². The number of carbonyl (C=O) groups excluding carboxylic acids is 1. The first-order valence-corrected chi connectivity index (χ1v) is 6.03. The van der Waals surface area contributed by atoms with Crippen LogP contribution < -0.4 is 5.32 Å². The summed E-state index contributed by atoms with van der Waals surface area (Å²) in [7, 11) is 1.66. The molecule has 1 fully saturated rings. The van der Waals surface area contributed by atoms with E-state index in [1.165, 1.54) is 0 Å². The molecule has 1 heterocycles. The second kappa shape index (κ2) is 6.58. The Morgan fingerprint density at radius 3 is 2.82 bits per heavy atom. The molecule has 0 aromatic heterocycles. The van der Waals surface area contributed by atoms with E-state index in [0.29, 0.717) is 19.4 Å². The minimum Gasteiger partial charge on any atom is -0.380 e. The van der Waals surface area contributed by atoms with Crippen LogP contribution >= 0.6 is 0 Å². The van der Waals surface area contributed by atoms with Crippen molar-refractivity contribution in [1.82, 2.24) is 10.2 Å². The molecule has 1 rings (SSSR count). The molecule has 0 aromatic rings. The van der Waals surface area contributed by atoms with E-state index in [0.717, 1.165) is 6.54 Å². The number of carbonyl (C=O) groups is 1. The van der Waals surface area contributed by atoms with Crippen molar-refractivity contribution >= 4 is 5.91 Å². The van der Waals surface area contributed by atoms with E-state index >= 15 is 0 Å². The molecule has 17 heavy (non-hydrogen) atoms. The van der Waals surface area contributed by atoms with Crippen LogP contribution in [0.15, 0.2) is 0 Å². The van der Waals surface area contributed by atoms with Crippen molar-refractivity contribution in [2.24, 2.45) is 0 Å². The van der Waals surface area contributed by atoms with E-state index in [-0.39, 0.29) is 24.1 Å². The second-order valence-corrected chi connectivity index (χ2v) is 4.59. The zero-order valence-corrected chi connectivity index (χ0v) is 10.8. The van der Waals surface area contributed by atoms with Gasteiger partial charge in [0.15, 0.2) is 0 Å². The summed E-state index contributed by atoms with van der Waals surface area (Å²) in [5, 5.41) is 11.8. The Bertz CT molecular complexity index is 299. The standard InChI is InChI=1S/C12H21N3O2/c1-9(2)15(6-4-5-13)12(16)11-7-10(17-3)8-14-11/h9-11,14H,4,6-8H2,1-3H3. The number of nitriles is 1. The number of methoxy groups -OCH3 is 1. The van der Waals surface area contributed by atoms with Gasteiger partial charge in [-0.2, -0.15) is 5.26 Å². The molecule has 5 heteroatoms. The summed E-state index contributed by atoms with van der Waals surface area (Å²) in [6.07, 6.45) is 1.21. The van der Waals surface area contributed by atoms with Crippen LogP contribution in [-0.2, 0) is 9.53 Å². The minimum absolute atomic E-state index is 0.0785. The van der Waals surface area contributed by atoms with Crippen LogP contribution in [-0.4, -0.2) is 49.2 Å². The van der Waals surface area contributed by atoms with Gasteiger partial charge in [-0.25, -0.2) is 0 Å². The van der Waals surface area contributed by atoms with Crippen LogP contribution in [0.3, 0.4) is 0 Å². The molecule has 1 saturated heterocycles. The Hall–Kier alpha value is -1.12. The molecule has 2 unspecified atom stereocenters. The van der Waals surface area contributed by atoms with Crippen molar-refractivity contribution in [2.75, 3.05) is 20.2 Å². The molecule has 0 spiro atoms. The fourth-order valence-electron chi connectivity index (χ4n) is 2.06. The third-order valence-corrected chi connectivity index (χ3v) is 3.09. The number of hydrogen-bond donors (Lipinski definition) is 1. The Kier molecular flexibility index (Phi) is 5.39. The van der Waals surface area contributed by atoms with Gasteiger partial charge in [0.05, 0.1) is 24.6 Å². The maximum atomic E-state index is 12.3. The maximum absolute atomic E-state index is 12.3. The van der Waals surface area contributed by atoms with Gasteiger partial charge in [-0.05, 0) is 20.3 Å². The predicted octanol–water partition coefficient (Wildman–Crippen LogP) is 0.514. The van der Waals surface area contributed by atoms with Crippen molar-refractivity contribution in [3.63, 3.8) is 0 Å². The van der Waals surface area contributed by atoms with Crippen LogP contribution in [0.1, 0.15) is 26.7 Å². The topological polar surface area (TPSA) is 65.4 Å². The molecule has 0 radical (unpaired) electrons. The lowest BCUT2D eigenvalue weighted by Gasteiger charge is -2.28. The van der Waals surface area contributed by atoms with E-state index in [1.807, 2.05) is 13.8 Å². The van der Waals surface area contributed by atoms with E-state index < -0.39 is 0 Å². The molecule has 0 aromatic carbocycles. The first kappa shape index (κ1) is 13.9. The highest BCUT2D eigenvalue weighted by molar-refractivity contribution is 5.82. The Labute approximate surface area is 103 Å². The third-order valence-electron chi connectivity index (χ3n) is 3.09. The number of hydrogen-bond acceptors (Lipinski definition) is 4. The highest BCUT2D eigenvalue weighted by Crippen LogP contribution is 2.14. The van der Waals surface area contributed by atoms with Gasteiger partial charge in [-0.1, -0.05) is 0 Å². The molecule has 96 valence electrons. The minimum atomic E-state index is -0.166. The summed E-state index contributed by atoms with van der Waals surface area (Å²) in [5.74, 6) is 0.0785. The molecule has 5 nitrogen and oxygen atoms in total.